The highest BCUT2D eigenvalue weighted by atomic mass is 79.9. The molecule has 0 spiro atoms. The number of amides is 1. The number of hydrogen-bond donors (Lipinski definition) is 0. The summed E-state index contributed by atoms with van der Waals surface area (Å²) in [6, 6.07) is 12.6. The van der Waals surface area contributed by atoms with Crippen molar-refractivity contribution in [2.75, 3.05) is 30.6 Å². The molecule has 2 aliphatic heterocycles. The smallest absolute Gasteiger partial charge is 0.252 e. The second-order valence-corrected chi connectivity index (χ2v) is 11.6. The van der Waals surface area contributed by atoms with E-state index in [0.717, 1.165) is 15.7 Å². The van der Waals surface area contributed by atoms with Crippen LogP contribution in [0.1, 0.15) is 5.56 Å². The lowest BCUT2D eigenvalue weighted by molar-refractivity contribution is -0.117. The monoisotopic (exact) mass is 524 g/mol. The normalized spacial score (nSPS) is 23.1. The van der Waals surface area contributed by atoms with Gasteiger partial charge in [-0.1, -0.05) is 33.8 Å². The highest BCUT2D eigenvalue weighted by molar-refractivity contribution is 9.10. The highest BCUT2D eigenvalue weighted by Gasteiger charge is 2.49. The van der Waals surface area contributed by atoms with Gasteiger partial charge in [-0.05, 0) is 42.0 Å². The van der Waals surface area contributed by atoms with Gasteiger partial charge in [0.2, 0.25) is 0 Å². The first kappa shape index (κ1) is 22.2. The molecule has 164 valence electrons. The van der Waals surface area contributed by atoms with Crippen molar-refractivity contribution in [2.24, 2.45) is 4.99 Å². The van der Waals surface area contributed by atoms with E-state index in [9.17, 15) is 13.2 Å². The number of amidine groups is 1. The Morgan fingerprint density at radius 3 is 2.52 bits per heavy atom. The molecule has 4 rings (SSSR count). The summed E-state index contributed by atoms with van der Waals surface area (Å²) in [5, 5.41) is 0.402. The fourth-order valence-electron chi connectivity index (χ4n) is 3.78. The van der Waals surface area contributed by atoms with Crippen molar-refractivity contribution >= 4 is 54.3 Å². The summed E-state index contributed by atoms with van der Waals surface area (Å²) in [7, 11) is -0.00810. The van der Waals surface area contributed by atoms with Gasteiger partial charge in [-0.25, -0.2) is 8.42 Å². The number of carbonyl (C=O) groups is 1. The maximum Gasteiger partial charge on any atom is 0.252 e. The number of hydrogen-bond acceptors (Lipinski definition) is 6. The summed E-state index contributed by atoms with van der Waals surface area (Å²) in [5.74, 6) is 0.986. The first-order chi connectivity index (χ1) is 14.8. The van der Waals surface area contributed by atoms with E-state index >= 15 is 0 Å². The molecule has 0 saturated carbocycles. The second-order valence-electron chi connectivity index (χ2n) is 7.30. The Morgan fingerprint density at radius 2 is 1.84 bits per heavy atom. The lowest BCUT2D eigenvalue weighted by Gasteiger charge is -2.24. The summed E-state index contributed by atoms with van der Waals surface area (Å²) in [4.78, 5) is 19.0. The minimum atomic E-state index is -3.11. The number of rotatable bonds is 5. The van der Waals surface area contributed by atoms with E-state index in [1.165, 1.54) is 11.8 Å². The van der Waals surface area contributed by atoms with Crippen molar-refractivity contribution in [1.82, 2.24) is 0 Å². The Morgan fingerprint density at radius 1 is 1.13 bits per heavy atom. The van der Waals surface area contributed by atoms with Crippen LogP contribution in [-0.4, -0.2) is 56.5 Å². The zero-order chi connectivity index (χ0) is 22.2. The first-order valence-electron chi connectivity index (χ1n) is 9.54. The average Bonchev–Trinajstić information content (AvgIpc) is 3.19. The van der Waals surface area contributed by atoms with Crippen LogP contribution in [0, 0.1) is 0 Å². The fraction of sp³-hybridized carbons (Fsp3) is 0.333. The number of aliphatic imine (C=N–C) groups is 1. The number of anilines is 1. The third-order valence-corrected chi connectivity index (χ3v) is 8.93. The number of sulfone groups is 1. The van der Waals surface area contributed by atoms with Gasteiger partial charge in [-0.15, -0.1) is 0 Å². The molecule has 2 saturated heterocycles. The fourth-order valence-corrected chi connectivity index (χ4v) is 7.98. The van der Waals surface area contributed by atoms with Crippen LogP contribution >= 0.6 is 27.7 Å². The Bertz CT molecular complexity index is 1130. The third-order valence-electron chi connectivity index (χ3n) is 5.20. The number of benzene rings is 2. The van der Waals surface area contributed by atoms with Gasteiger partial charge in [0.15, 0.2) is 26.5 Å². The van der Waals surface area contributed by atoms with Gasteiger partial charge in [0.1, 0.15) is 0 Å². The molecular formula is C21H21BrN2O5S2. The maximum atomic E-state index is 12.8. The van der Waals surface area contributed by atoms with Gasteiger partial charge < -0.3 is 14.4 Å². The van der Waals surface area contributed by atoms with E-state index in [1.807, 2.05) is 29.2 Å². The Kier molecular flexibility index (Phi) is 6.32. The van der Waals surface area contributed by atoms with E-state index in [2.05, 4.69) is 20.9 Å². The summed E-state index contributed by atoms with van der Waals surface area (Å²) >= 11 is 4.78. The van der Waals surface area contributed by atoms with Crippen LogP contribution in [-0.2, 0) is 21.1 Å². The third kappa shape index (κ3) is 4.75. The van der Waals surface area contributed by atoms with Crippen LogP contribution in [0.15, 0.2) is 51.9 Å². The van der Waals surface area contributed by atoms with E-state index in [0.29, 0.717) is 16.7 Å². The number of methoxy groups -OCH3 is 2. The van der Waals surface area contributed by atoms with Gasteiger partial charge >= 0.3 is 0 Å². The van der Waals surface area contributed by atoms with Crippen LogP contribution in [0.3, 0.4) is 0 Å². The molecule has 2 aromatic carbocycles. The second kappa shape index (κ2) is 8.84. The minimum Gasteiger partial charge on any atom is -0.493 e. The number of carbonyl (C=O) groups excluding carboxylic acids is 1. The van der Waals surface area contributed by atoms with E-state index < -0.39 is 9.84 Å². The quantitative estimate of drug-likeness (QED) is 0.592. The molecule has 0 aromatic heterocycles. The average molecular weight is 525 g/mol. The zero-order valence-corrected chi connectivity index (χ0v) is 20.2. The number of thioether (sulfide) groups is 1. The first-order valence-corrected chi connectivity index (χ1v) is 13.0. The van der Waals surface area contributed by atoms with Crippen molar-refractivity contribution in [3.63, 3.8) is 0 Å². The molecule has 0 bridgehead atoms. The Balaban J connectivity index is 1.60. The molecule has 2 aromatic rings. The predicted molar refractivity (Wildman–Crippen MR) is 126 cm³/mol. The van der Waals surface area contributed by atoms with Crippen LogP contribution < -0.4 is 14.4 Å². The zero-order valence-electron chi connectivity index (χ0n) is 16.9. The van der Waals surface area contributed by atoms with Crippen molar-refractivity contribution < 1.29 is 22.7 Å². The number of halogens is 1. The summed E-state index contributed by atoms with van der Waals surface area (Å²) in [6.07, 6.45) is 0.103. The molecule has 0 unspecified atom stereocenters. The van der Waals surface area contributed by atoms with Crippen molar-refractivity contribution in [1.29, 1.82) is 0 Å². The number of nitrogens with zero attached hydrogens (tertiary/aromatic N) is 2. The van der Waals surface area contributed by atoms with Gasteiger partial charge in [0.05, 0.1) is 38.2 Å². The van der Waals surface area contributed by atoms with Gasteiger partial charge in [0, 0.05) is 15.4 Å². The predicted octanol–water partition coefficient (Wildman–Crippen LogP) is 3.31. The standard InChI is InChI=1S/C21H21BrN2O5S2/c1-28-17-8-3-13(9-18(17)29-2)10-20(25)23-21-24(15-6-4-14(22)5-7-15)16-11-31(26,27)12-19(16)30-21/h3-9,16,19H,10-12H2,1-2H3/t16-,19-/m1/s1. The number of ether oxygens (including phenoxy) is 2. The molecule has 2 atom stereocenters. The van der Waals surface area contributed by atoms with Gasteiger partial charge in [0.25, 0.3) is 5.91 Å². The molecule has 1 amide bonds. The lowest BCUT2D eigenvalue weighted by Crippen LogP contribution is -2.37. The molecular weight excluding hydrogens is 504 g/mol. The lowest BCUT2D eigenvalue weighted by atomic mass is 10.1. The molecule has 2 heterocycles. The SMILES string of the molecule is COc1ccc(CC(=O)N=C2S[C@@H]3CS(=O)(=O)C[C@H]3N2c2ccc(Br)cc2)cc1OC. The van der Waals surface area contributed by atoms with Crippen molar-refractivity contribution in [3.05, 3.63) is 52.5 Å². The number of fused-ring (bicyclic) bond motifs is 1. The largest absolute Gasteiger partial charge is 0.493 e. The van der Waals surface area contributed by atoms with Gasteiger partial charge in [-0.2, -0.15) is 4.99 Å². The van der Waals surface area contributed by atoms with Crippen molar-refractivity contribution in [3.8, 4) is 11.5 Å². The molecule has 7 nitrogen and oxygen atoms in total. The molecule has 31 heavy (non-hydrogen) atoms. The molecule has 10 heteroatoms. The Hall–Kier alpha value is -2.04. The summed E-state index contributed by atoms with van der Waals surface area (Å²) < 4.78 is 35.8. The minimum absolute atomic E-state index is 0.0591. The van der Waals surface area contributed by atoms with E-state index in [1.54, 1.807) is 32.4 Å². The summed E-state index contributed by atoms with van der Waals surface area (Å²) in [6.45, 7) is 0. The maximum absolute atomic E-state index is 12.8. The molecule has 2 fully saturated rings. The molecule has 0 radical (unpaired) electrons. The van der Waals surface area contributed by atoms with Gasteiger partial charge in [-0.3, -0.25) is 4.79 Å². The molecule has 0 aliphatic carbocycles. The van der Waals surface area contributed by atoms with E-state index in [4.69, 9.17) is 9.47 Å². The van der Waals surface area contributed by atoms with Crippen LogP contribution in [0.25, 0.3) is 0 Å². The van der Waals surface area contributed by atoms with Crippen LogP contribution in [0.2, 0.25) is 0 Å². The van der Waals surface area contributed by atoms with Crippen LogP contribution in [0.4, 0.5) is 5.69 Å². The Labute approximate surface area is 193 Å². The topological polar surface area (TPSA) is 85.3 Å². The summed E-state index contributed by atoms with van der Waals surface area (Å²) in [5.41, 5.74) is 1.57. The van der Waals surface area contributed by atoms with Crippen molar-refractivity contribution in [2.45, 2.75) is 17.7 Å². The van der Waals surface area contributed by atoms with Crippen LogP contribution in [0.5, 0.6) is 11.5 Å². The van der Waals surface area contributed by atoms with E-state index in [-0.39, 0.29) is 35.1 Å². The molecule has 2 aliphatic rings. The highest BCUT2D eigenvalue weighted by Crippen LogP contribution is 2.41. The molecule has 0 N–H and O–H groups in total.